The molecule has 98 valence electrons. The van der Waals surface area contributed by atoms with Crippen LogP contribution in [0.1, 0.15) is 10.4 Å². The van der Waals surface area contributed by atoms with Crippen molar-refractivity contribution in [1.29, 1.82) is 0 Å². The Kier molecular flexibility index (Phi) is 3.46. The van der Waals surface area contributed by atoms with Gasteiger partial charge in [-0.1, -0.05) is 0 Å². The van der Waals surface area contributed by atoms with Gasteiger partial charge in [0, 0.05) is 17.2 Å². The van der Waals surface area contributed by atoms with Crippen LogP contribution in [0.3, 0.4) is 0 Å². The summed E-state index contributed by atoms with van der Waals surface area (Å²) in [5.74, 6) is -2.31. The Balaban J connectivity index is 2.58. The zero-order chi connectivity index (χ0) is 14.0. The summed E-state index contributed by atoms with van der Waals surface area (Å²) in [6, 6.07) is 7.23. The van der Waals surface area contributed by atoms with Crippen molar-refractivity contribution >= 4 is 5.97 Å². The summed E-state index contributed by atoms with van der Waals surface area (Å²) in [6.07, 6.45) is 0. The van der Waals surface area contributed by atoms with Gasteiger partial charge in [-0.15, -0.1) is 0 Å². The van der Waals surface area contributed by atoms with Crippen LogP contribution in [-0.4, -0.2) is 18.2 Å². The van der Waals surface area contributed by atoms with Crippen LogP contribution >= 0.6 is 0 Å². The lowest BCUT2D eigenvalue weighted by atomic mass is 10.0. The predicted octanol–water partition coefficient (Wildman–Crippen LogP) is 3.34. The lowest BCUT2D eigenvalue weighted by Gasteiger charge is -2.10. The molecule has 0 saturated carbocycles. The van der Waals surface area contributed by atoms with Gasteiger partial charge in [0.25, 0.3) is 0 Å². The van der Waals surface area contributed by atoms with Crippen molar-refractivity contribution in [3.05, 3.63) is 53.6 Å². The number of carboxylic acids is 1. The highest BCUT2D eigenvalue weighted by Crippen LogP contribution is 2.32. The minimum Gasteiger partial charge on any atom is -0.496 e. The minimum absolute atomic E-state index is 0.0307. The van der Waals surface area contributed by atoms with Gasteiger partial charge in [0.2, 0.25) is 0 Å². The SMILES string of the molecule is COc1cc(C(=O)O)ccc1-c1ccc(F)cc1F. The smallest absolute Gasteiger partial charge is 0.335 e. The van der Waals surface area contributed by atoms with Gasteiger partial charge in [-0.3, -0.25) is 0 Å². The molecule has 2 aromatic carbocycles. The van der Waals surface area contributed by atoms with E-state index in [1.165, 1.54) is 31.4 Å². The van der Waals surface area contributed by atoms with E-state index >= 15 is 0 Å². The second kappa shape index (κ2) is 5.06. The Labute approximate surface area is 108 Å². The fourth-order valence-electron chi connectivity index (χ4n) is 1.75. The molecule has 0 amide bonds. The molecule has 0 aromatic heterocycles. The summed E-state index contributed by atoms with van der Waals surface area (Å²) in [7, 11) is 1.35. The van der Waals surface area contributed by atoms with E-state index in [0.717, 1.165) is 12.1 Å². The van der Waals surface area contributed by atoms with Crippen LogP contribution in [0.4, 0.5) is 8.78 Å². The number of halogens is 2. The van der Waals surface area contributed by atoms with Crippen LogP contribution in [-0.2, 0) is 0 Å². The van der Waals surface area contributed by atoms with Crippen LogP contribution in [0, 0.1) is 11.6 Å². The Morgan fingerprint density at radius 3 is 2.37 bits per heavy atom. The summed E-state index contributed by atoms with van der Waals surface area (Å²) in [5, 5.41) is 8.88. The van der Waals surface area contributed by atoms with Crippen molar-refractivity contribution in [2.75, 3.05) is 7.11 Å². The second-order valence-corrected chi connectivity index (χ2v) is 3.84. The van der Waals surface area contributed by atoms with Gasteiger partial charge < -0.3 is 9.84 Å². The van der Waals surface area contributed by atoms with Crippen molar-refractivity contribution < 1.29 is 23.4 Å². The molecular formula is C14H10F2O3. The van der Waals surface area contributed by atoms with E-state index in [9.17, 15) is 13.6 Å². The van der Waals surface area contributed by atoms with Gasteiger partial charge in [-0.2, -0.15) is 0 Å². The van der Waals surface area contributed by atoms with E-state index in [1.54, 1.807) is 0 Å². The predicted molar refractivity (Wildman–Crippen MR) is 65.3 cm³/mol. The first-order chi connectivity index (χ1) is 9.02. The summed E-state index contributed by atoms with van der Waals surface area (Å²) in [5.41, 5.74) is 0.545. The molecule has 1 N–H and O–H groups in total. The van der Waals surface area contributed by atoms with Crippen molar-refractivity contribution in [3.8, 4) is 16.9 Å². The molecule has 2 aromatic rings. The summed E-state index contributed by atoms with van der Waals surface area (Å²) in [4.78, 5) is 10.8. The van der Waals surface area contributed by atoms with Crippen LogP contribution < -0.4 is 4.74 Å². The van der Waals surface area contributed by atoms with E-state index in [0.29, 0.717) is 5.56 Å². The van der Waals surface area contributed by atoms with Crippen molar-refractivity contribution in [3.63, 3.8) is 0 Å². The lowest BCUT2D eigenvalue weighted by molar-refractivity contribution is 0.0696. The first-order valence-corrected chi connectivity index (χ1v) is 5.39. The molecule has 0 aliphatic carbocycles. The van der Waals surface area contributed by atoms with Crippen LogP contribution in [0.25, 0.3) is 11.1 Å². The normalized spacial score (nSPS) is 10.3. The number of hydrogen-bond donors (Lipinski definition) is 1. The number of rotatable bonds is 3. The minimum atomic E-state index is -1.11. The average molecular weight is 264 g/mol. The van der Waals surface area contributed by atoms with Crippen molar-refractivity contribution in [2.24, 2.45) is 0 Å². The van der Waals surface area contributed by atoms with Gasteiger partial charge in [-0.05, 0) is 30.3 Å². The number of hydrogen-bond acceptors (Lipinski definition) is 2. The Bertz CT molecular complexity index is 639. The average Bonchev–Trinajstić information content (AvgIpc) is 2.38. The van der Waals surface area contributed by atoms with Crippen LogP contribution in [0.15, 0.2) is 36.4 Å². The third-order valence-corrected chi connectivity index (χ3v) is 2.67. The number of benzene rings is 2. The number of methoxy groups -OCH3 is 1. The van der Waals surface area contributed by atoms with Crippen molar-refractivity contribution in [1.82, 2.24) is 0 Å². The van der Waals surface area contributed by atoms with Gasteiger partial charge in [0.15, 0.2) is 0 Å². The maximum Gasteiger partial charge on any atom is 0.335 e. The van der Waals surface area contributed by atoms with E-state index in [1.807, 2.05) is 0 Å². The van der Waals surface area contributed by atoms with E-state index < -0.39 is 17.6 Å². The highest BCUT2D eigenvalue weighted by molar-refractivity contribution is 5.89. The van der Waals surface area contributed by atoms with E-state index in [-0.39, 0.29) is 16.9 Å². The molecule has 0 aliphatic rings. The summed E-state index contributed by atoms with van der Waals surface area (Å²) < 4.78 is 31.6. The summed E-state index contributed by atoms with van der Waals surface area (Å²) in [6.45, 7) is 0. The molecule has 5 heteroatoms. The van der Waals surface area contributed by atoms with Crippen molar-refractivity contribution in [2.45, 2.75) is 0 Å². The van der Waals surface area contributed by atoms with E-state index in [4.69, 9.17) is 9.84 Å². The fraction of sp³-hybridized carbons (Fsp3) is 0.0714. The molecule has 0 radical (unpaired) electrons. The van der Waals surface area contributed by atoms with Gasteiger partial charge >= 0.3 is 5.97 Å². The van der Waals surface area contributed by atoms with Crippen LogP contribution in [0.5, 0.6) is 5.75 Å². The molecule has 0 unspecified atom stereocenters. The molecule has 0 spiro atoms. The maximum absolute atomic E-state index is 13.7. The molecule has 0 atom stereocenters. The third-order valence-electron chi connectivity index (χ3n) is 2.67. The molecule has 0 bridgehead atoms. The summed E-state index contributed by atoms with van der Waals surface area (Å²) >= 11 is 0. The number of ether oxygens (including phenoxy) is 1. The highest BCUT2D eigenvalue weighted by Gasteiger charge is 2.14. The lowest BCUT2D eigenvalue weighted by Crippen LogP contribution is -1.98. The Morgan fingerprint density at radius 2 is 1.79 bits per heavy atom. The number of aromatic carboxylic acids is 1. The number of carboxylic acid groups (broad SMARTS) is 1. The molecule has 0 aliphatic heterocycles. The maximum atomic E-state index is 13.7. The third kappa shape index (κ3) is 2.54. The fourth-order valence-corrected chi connectivity index (χ4v) is 1.75. The molecular weight excluding hydrogens is 254 g/mol. The van der Waals surface area contributed by atoms with Gasteiger partial charge in [0.1, 0.15) is 17.4 Å². The largest absolute Gasteiger partial charge is 0.496 e. The molecule has 2 rings (SSSR count). The molecule has 0 heterocycles. The van der Waals surface area contributed by atoms with Gasteiger partial charge in [0.05, 0.1) is 12.7 Å². The highest BCUT2D eigenvalue weighted by atomic mass is 19.1. The number of carbonyl (C=O) groups is 1. The first kappa shape index (κ1) is 13.0. The molecule has 0 saturated heterocycles. The zero-order valence-electron chi connectivity index (χ0n) is 9.98. The van der Waals surface area contributed by atoms with Crippen LogP contribution in [0.2, 0.25) is 0 Å². The Hall–Kier alpha value is -2.43. The first-order valence-electron chi connectivity index (χ1n) is 5.39. The monoisotopic (exact) mass is 264 g/mol. The zero-order valence-corrected chi connectivity index (χ0v) is 9.98. The Morgan fingerprint density at radius 1 is 1.11 bits per heavy atom. The second-order valence-electron chi connectivity index (χ2n) is 3.84. The van der Waals surface area contributed by atoms with E-state index in [2.05, 4.69) is 0 Å². The quantitative estimate of drug-likeness (QED) is 0.924. The van der Waals surface area contributed by atoms with Gasteiger partial charge in [-0.25, -0.2) is 13.6 Å². The standard InChI is InChI=1S/C14H10F2O3/c1-19-13-6-8(14(17)18)2-4-11(13)10-5-3-9(15)7-12(10)16/h2-7H,1H3,(H,17,18). The molecule has 3 nitrogen and oxygen atoms in total. The topological polar surface area (TPSA) is 46.5 Å². The molecule has 0 fully saturated rings. The molecule has 19 heavy (non-hydrogen) atoms.